The molecular weight excluding hydrogens is 378 g/mol. The number of carbonyl (C=O) groups excluding carboxylic acids is 1. The molecule has 3 aromatic carbocycles. The molecule has 29 heavy (non-hydrogen) atoms. The van der Waals surface area contributed by atoms with Crippen LogP contribution in [0.4, 0.5) is 5.13 Å². The van der Waals surface area contributed by atoms with Gasteiger partial charge in [-0.3, -0.25) is 4.79 Å². The molecule has 144 valence electrons. The summed E-state index contributed by atoms with van der Waals surface area (Å²) >= 11 is 1.53. The Labute approximate surface area is 173 Å². The maximum atomic E-state index is 12.3. The highest BCUT2D eigenvalue weighted by atomic mass is 32.1. The molecule has 0 saturated carbocycles. The van der Waals surface area contributed by atoms with Crippen molar-refractivity contribution in [3.8, 4) is 22.3 Å². The van der Waals surface area contributed by atoms with Gasteiger partial charge in [-0.1, -0.05) is 72.0 Å². The predicted octanol–water partition coefficient (Wildman–Crippen LogP) is 5.18. The average Bonchev–Trinajstić information content (AvgIpc) is 3.44. The van der Waals surface area contributed by atoms with E-state index in [1.165, 1.54) is 28.0 Å². The van der Waals surface area contributed by atoms with E-state index in [0.717, 1.165) is 35.3 Å². The van der Waals surface area contributed by atoms with Crippen LogP contribution in [-0.4, -0.2) is 24.0 Å². The van der Waals surface area contributed by atoms with Crippen LogP contribution in [0.2, 0.25) is 0 Å². The predicted molar refractivity (Wildman–Crippen MR) is 120 cm³/mol. The lowest BCUT2D eigenvalue weighted by Gasteiger charge is -2.06. The number of hydrogen-bond donors (Lipinski definition) is 2. The fraction of sp³-hybridized carbons (Fsp3) is 0.167. The fourth-order valence-electron chi connectivity index (χ4n) is 3.73. The number of nitrogens with zero attached hydrogens (tertiary/aromatic N) is 1. The normalized spacial score (nSPS) is 16.2. The van der Waals surface area contributed by atoms with E-state index in [1.807, 2.05) is 12.1 Å². The number of amides is 1. The number of nitrogens with one attached hydrogen (secondary N) is 2. The summed E-state index contributed by atoms with van der Waals surface area (Å²) in [5.41, 5.74) is 5.66. The molecule has 5 heteroatoms. The molecule has 1 amide bonds. The van der Waals surface area contributed by atoms with Crippen LogP contribution >= 0.6 is 11.3 Å². The SMILES string of the molecule is O=C(Nc1nc2ccc(-c3ccc(-c4ccccc4)cc3)cc2s1)[C@@H]1CCNC1. The lowest BCUT2D eigenvalue weighted by Crippen LogP contribution is -2.24. The van der Waals surface area contributed by atoms with Gasteiger partial charge in [-0.05, 0) is 47.4 Å². The first-order valence-corrected chi connectivity index (χ1v) is 10.7. The molecular formula is C24H21N3OS. The van der Waals surface area contributed by atoms with Gasteiger partial charge in [0.25, 0.3) is 0 Å². The summed E-state index contributed by atoms with van der Waals surface area (Å²) in [5, 5.41) is 6.89. The Hall–Kier alpha value is -3.02. The number of benzene rings is 3. The summed E-state index contributed by atoms with van der Waals surface area (Å²) in [6.45, 7) is 1.66. The van der Waals surface area contributed by atoms with Gasteiger partial charge >= 0.3 is 0 Å². The van der Waals surface area contributed by atoms with E-state index in [4.69, 9.17) is 0 Å². The lowest BCUT2D eigenvalue weighted by molar-refractivity contribution is -0.119. The highest BCUT2D eigenvalue weighted by Crippen LogP contribution is 2.32. The summed E-state index contributed by atoms with van der Waals surface area (Å²) in [6.07, 6.45) is 0.889. The van der Waals surface area contributed by atoms with Crippen molar-refractivity contribution >= 4 is 32.6 Å². The van der Waals surface area contributed by atoms with E-state index in [2.05, 4.69) is 76.3 Å². The van der Waals surface area contributed by atoms with Gasteiger partial charge in [0.15, 0.2) is 5.13 Å². The molecule has 1 fully saturated rings. The van der Waals surface area contributed by atoms with Crippen LogP contribution < -0.4 is 10.6 Å². The van der Waals surface area contributed by atoms with Gasteiger partial charge in [0.1, 0.15) is 0 Å². The Kier molecular flexibility index (Phi) is 4.84. The minimum Gasteiger partial charge on any atom is -0.316 e. The maximum absolute atomic E-state index is 12.3. The van der Waals surface area contributed by atoms with Crippen molar-refractivity contribution in [2.24, 2.45) is 5.92 Å². The summed E-state index contributed by atoms with van der Waals surface area (Å²) in [6, 6.07) is 25.3. The molecule has 0 bridgehead atoms. The van der Waals surface area contributed by atoms with Gasteiger partial charge < -0.3 is 10.6 Å². The second kappa shape index (κ2) is 7.78. The highest BCUT2D eigenvalue weighted by Gasteiger charge is 2.23. The molecule has 2 heterocycles. The monoisotopic (exact) mass is 399 g/mol. The van der Waals surface area contributed by atoms with Crippen molar-refractivity contribution in [2.45, 2.75) is 6.42 Å². The van der Waals surface area contributed by atoms with Crippen LogP contribution in [0.25, 0.3) is 32.5 Å². The van der Waals surface area contributed by atoms with E-state index < -0.39 is 0 Å². The molecule has 1 aliphatic rings. The molecule has 0 unspecified atom stereocenters. The smallest absolute Gasteiger partial charge is 0.230 e. The second-order valence-electron chi connectivity index (χ2n) is 7.32. The van der Waals surface area contributed by atoms with Gasteiger partial charge in [0.05, 0.1) is 16.1 Å². The second-order valence-corrected chi connectivity index (χ2v) is 8.35. The third kappa shape index (κ3) is 3.79. The van der Waals surface area contributed by atoms with E-state index in [9.17, 15) is 4.79 Å². The third-order valence-electron chi connectivity index (χ3n) is 5.38. The van der Waals surface area contributed by atoms with Gasteiger partial charge in [0, 0.05) is 6.54 Å². The Bertz CT molecular complexity index is 1150. The van der Waals surface area contributed by atoms with E-state index >= 15 is 0 Å². The van der Waals surface area contributed by atoms with E-state index in [1.54, 1.807) is 0 Å². The third-order valence-corrected chi connectivity index (χ3v) is 6.31. The molecule has 4 nitrogen and oxygen atoms in total. The first kappa shape index (κ1) is 18.0. The lowest BCUT2D eigenvalue weighted by atomic mass is 10.0. The zero-order valence-corrected chi connectivity index (χ0v) is 16.7. The number of fused-ring (bicyclic) bond motifs is 1. The highest BCUT2D eigenvalue weighted by molar-refractivity contribution is 7.22. The van der Waals surface area contributed by atoms with E-state index in [-0.39, 0.29) is 11.8 Å². The van der Waals surface area contributed by atoms with Gasteiger partial charge in [-0.25, -0.2) is 4.98 Å². The van der Waals surface area contributed by atoms with Gasteiger partial charge in [-0.15, -0.1) is 0 Å². The van der Waals surface area contributed by atoms with Crippen LogP contribution in [0, 0.1) is 5.92 Å². The minimum absolute atomic E-state index is 0.0423. The fourth-order valence-corrected chi connectivity index (χ4v) is 4.64. The Balaban J connectivity index is 1.37. The van der Waals surface area contributed by atoms with Crippen LogP contribution in [0.5, 0.6) is 0 Å². The molecule has 2 N–H and O–H groups in total. The average molecular weight is 400 g/mol. The molecule has 5 rings (SSSR count). The van der Waals surface area contributed by atoms with Crippen molar-refractivity contribution in [2.75, 3.05) is 18.4 Å². The molecule has 0 spiro atoms. The van der Waals surface area contributed by atoms with Crippen LogP contribution in [0.15, 0.2) is 72.8 Å². The molecule has 1 saturated heterocycles. The topological polar surface area (TPSA) is 54.0 Å². The molecule has 0 aliphatic carbocycles. The van der Waals surface area contributed by atoms with Crippen molar-refractivity contribution in [1.29, 1.82) is 0 Å². The summed E-state index contributed by atoms with van der Waals surface area (Å²) in [7, 11) is 0. The number of rotatable bonds is 4. The molecule has 4 aromatic rings. The summed E-state index contributed by atoms with van der Waals surface area (Å²) < 4.78 is 1.08. The van der Waals surface area contributed by atoms with Crippen molar-refractivity contribution in [3.63, 3.8) is 0 Å². The summed E-state index contributed by atoms with van der Waals surface area (Å²) in [4.78, 5) is 16.9. The molecule has 1 aliphatic heterocycles. The largest absolute Gasteiger partial charge is 0.316 e. The zero-order chi connectivity index (χ0) is 19.6. The van der Waals surface area contributed by atoms with Crippen molar-refractivity contribution in [3.05, 3.63) is 72.8 Å². The molecule has 1 atom stereocenters. The summed E-state index contributed by atoms with van der Waals surface area (Å²) in [5.74, 6) is 0.103. The zero-order valence-electron chi connectivity index (χ0n) is 15.9. The standard InChI is InChI=1S/C24H21N3OS/c28-23(20-12-13-25-15-20)27-24-26-21-11-10-19(14-22(21)29-24)18-8-6-17(7-9-18)16-4-2-1-3-5-16/h1-11,14,20,25H,12-13,15H2,(H,26,27,28)/t20-/m1/s1. The first-order chi connectivity index (χ1) is 14.3. The number of carbonyl (C=O) groups is 1. The number of hydrogen-bond acceptors (Lipinski definition) is 4. The molecule has 0 radical (unpaired) electrons. The number of anilines is 1. The Morgan fingerprint density at radius 3 is 2.34 bits per heavy atom. The maximum Gasteiger partial charge on any atom is 0.230 e. The first-order valence-electron chi connectivity index (χ1n) is 9.84. The number of thiazole rings is 1. The molecule has 1 aromatic heterocycles. The van der Waals surface area contributed by atoms with Gasteiger partial charge in [-0.2, -0.15) is 0 Å². The Morgan fingerprint density at radius 1 is 0.931 bits per heavy atom. The van der Waals surface area contributed by atoms with Crippen LogP contribution in [0.1, 0.15) is 6.42 Å². The van der Waals surface area contributed by atoms with E-state index in [0.29, 0.717) is 5.13 Å². The quantitative estimate of drug-likeness (QED) is 0.497. The minimum atomic E-state index is 0.0423. The number of aromatic nitrogens is 1. The van der Waals surface area contributed by atoms with Crippen molar-refractivity contribution in [1.82, 2.24) is 10.3 Å². The van der Waals surface area contributed by atoms with Crippen LogP contribution in [0.3, 0.4) is 0 Å². The van der Waals surface area contributed by atoms with Gasteiger partial charge in [0.2, 0.25) is 5.91 Å². The van der Waals surface area contributed by atoms with Crippen LogP contribution in [-0.2, 0) is 4.79 Å². The Morgan fingerprint density at radius 2 is 1.62 bits per heavy atom. The van der Waals surface area contributed by atoms with Crippen molar-refractivity contribution < 1.29 is 4.79 Å².